The van der Waals surface area contributed by atoms with Crippen LogP contribution < -0.4 is 10.1 Å². The van der Waals surface area contributed by atoms with E-state index in [1.165, 1.54) is 21.6 Å². The summed E-state index contributed by atoms with van der Waals surface area (Å²) in [5.74, 6) is 0.983. The van der Waals surface area contributed by atoms with Crippen LogP contribution in [-0.2, 0) is 0 Å². The molecule has 2 nitrogen and oxygen atoms in total. The number of hydrogen-bond donors (Lipinski definition) is 1. The van der Waals surface area contributed by atoms with Crippen molar-refractivity contribution in [3.63, 3.8) is 0 Å². The predicted octanol–water partition coefficient (Wildman–Crippen LogP) is 4.83. The van der Waals surface area contributed by atoms with E-state index in [0.717, 1.165) is 16.1 Å². The quantitative estimate of drug-likeness (QED) is 0.830. The minimum atomic E-state index is 0.236. The molecule has 0 aliphatic heterocycles. The molecule has 0 bridgehead atoms. The second-order valence-electron chi connectivity index (χ2n) is 4.82. The maximum absolute atomic E-state index is 5.45. The van der Waals surface area contributed by atoms with Gasteiger partial charge in [-0.15, -0.1) is 11.3 Å². The van der Waals surface area contributed by atoms with Crippen molar-refractivity contribution in [3.05, 3.63) is 49.6 Å². The molecule has 0 aliphatic carbocycles. The van der Waals surface area contributed by atoms with E-state index in [1.54, 1.807) is 18.4 Å². The highest BCUT2D eigenvalue weighted by molar-refractivity contribution is 9.11. The van der Waals surface area contributed by atoms with Crippen molar-refractivity contribution in [2.24, 2.45) is 0 Å². The molecule has 1 heterocycles. The third-order valence-electron chi connectivity index (χ3n) is 3.31. The zero-order valence-corrected chi connectivity index (χ0v) is 14.7. The zero-order valence-electron chi connectivity index (χ0n) is 12.3. The third-order valence-corrected chi connectivity index (χ3v) is 5.00. The van der Waals surface area contributed by atoms with Gasteiger partial charge in [0.15, 0.2) is 0 Å². The molecule has 0 aliphatic rings. The first-order chi connectivity index (χ1) is 9.56. The highest BCUT2D eigenvalue weighted by Gasteiger charge is 2.17. The zero-order chi connectivity index (χ0) is 14.7. The molecule has 2 rings (SSSR count). The van der Waals surface area contributed by atoms with Gasteiger partial charge in [-0.2, -0.15) is 0 Å². The number of rotatable bonds is 5. The lowest BCUT2D eigenvalue weighted by Gasteiger charge is -2.20. The van der Waals surface area contributed by atoms with E-state index in [2.05, 4.69) is 66.3 Å². The van der Waals surface area contributed by atoms with Crippen LogP contribution in [0.2, 0.25) is 0 Å². The Balaban J connectivity index is 2.44. The summed E-state index contributed by atoms with van der Waals surface area (Å²) < 4.78 is 6.62. The Morgan fingerprint density at radius 3 is 2.35 bits per heavy atom. The Kier molecular flexibility index (Phi) is 5.24. The molecule has 4 heteroatoms. The van der Waals surface area contributed by atoms with Crippen molar-refractivity contribution in [1.82, 2.24) is 5.32 Å². The average molecular weight is 354 g/mol. The van der Waals surface area contributed by atoms with Gasteiger partial charge >= 0.3 is 0 Å². The highest BCUT2D eigenvalue weighted by atomic mass is 79.9. The van der Waals surface area contributed by atoms with Gasteiger partial charge in [0, 0.05) is 4.88 Å². The van der Waals surface area contributed by atoms with Crippen LogP contribution in [0.3, 0.4) is 0 Å². The number of nitrogens with one attached hydrogen (secondary N) is 1. The average Bonchev–Trinajstić information content (AvgIpc) is 2.82. The smallest absolute Gasteiger partial charge is 0.124 e. The molecule has 1 aromatic heterocycles. The summed E-state index contributed by atoms with van der Waals surface area (Å²) >= 11 is 5.32. The van der Waals surface area contributed by atoms with E-state index in [0.29, 0.717) is 0 Å². The Labute approximate surface area is 133 Å². The molecule has 1 N–H and O–H groups in total. The number of methoxy groups -OCH3 is 1. The number of halogens is 1. The van der Waals surface area contributed by atoms with E-state index < -0.39 is 0 Å². The summed E-state index contributed by atoms with van der Waals surface area (Å²) in [6.07, 6.45) is 0. The molecular formula is C16H20BrNOS. The molecule has 0 amide bonds. The fourth-order valence-corrected chi connectivity index (χ4v) is 4.07. The normalized spacial score (nSPS) is 12.4. The summed E-state index contributed by atoms with van der Waals surface area (Å²) in [5.41, 5.74) is 3.65. The minimum absolute atomic E-state index is 0.236. The molecule has 0 saturated carbocycles. The molecule has 0 radical (unpaired) electrons. The monoisotopic (exact) mass is 353 g/mol. The molecule has 0 saturated heterocycles. The van der Waals surface area contributed by atoms with Crippen molar-refractivity contribution in [3.8, 4) is 5.75 Å². The summed E-state index contributed by atoms with van der Waals surface area (Å²) in [5, 5.41) is 3.57. The van der Waals surface area contributed by atoms with E-state index in [4.69, 9.17) is 4.74 Å². The van der Waals surface area contributed by atoms with Crippen molar-refractivity contribution < 1.29 is 4.74 Å². The second kappa shape index (κ2) is 6.74. The van der Waals surface area contributed by atoms with Crippen molar-refractivity contribution in [2.75, 3.05) is 13.7 Å². The van der Waals surface area contributed by atoms with Gasteiger partial charge in [0.05, 0.1) is 16.9 Å². The van der Waals surface area contributed by atoms with Crippen molar-refractivity contribution in [2.45, 2.75) is 26.8 Å². The van der Waals surface area contributed by atoms with Crippen LogP contribution in [0.1, 0.15) is 34.5 Å². The first-order valence-corrected chi connectivity index (χ1v) is 8.31. The van der Waals surface area contributed by atoms with Gasteiger partial charge in [-0.1, -0.05) is 19.1 Å². The minimum Gasteiger partial charge on any atom is -0.496 e. The Morgan fingerprint density at radius 2 is 1.90 bits per heavy atom. The fourth-order valence-electron chi connectivity index (χ4n) is 2.54. The lowest BCUT2D eigenvalue weighted by Crippen LogP contribution is -2.21. The molecule has 0 spiro atoms. The molecular weight excluding hydrogens is 334 g/mol. The fraction of sp³-hybridized carbons (Fsp3) is 0.375. The maximum Gasteiger partial charge on any atom is 0.124 e. The van der Waals surface area contributed by atoms with E-state index in [1.807, 2.05) is 0 Å². The van der Waals surface area contributed by atoms with Crippen LogP contribution in [0.15, 0.2) is 28.1 Å². The lowest BCUT2D eigenvalue weighted by molar-refractivity contribution is 0.408. The van der Waals surface area contributed by atoms with E-state index in [9.17, 15) is 0 Å². The Morgan fingerprint density at radius 1 is 1.25 bits per heavy atom. The van der Waals surface area contributed by atoms with Gasteiger partial charge in [-0.3, -0.25) is 0 Å². The molecule has 20 heavy (non-hydrogen) atoms. The van der Waals surface area contributed by atoms with Crippen LogP contribution in [0.4, 0.5) is 0 Å². The van der Waals surface area contributed by atoms with Gasteiger partial charge < -0.3 is 10.1 Å². The highest BCUT2D eigenvalue weighted by Crippen LogP contribution is 2.34. The first kappa shape index (κ1) is 15.5. The van der Waals surface area contributed by atoms with Crippen LogP contribution >= 0.6 is 27.3 Å². The third kappa shape index (κ3) is 3.25. The van der Waals surface area contributed by atoms with Crippen LogP contribution in [0.25, 0.3) is 0 Å². The van der Waals surface area contributed by atoms with Crippen molar-refractivity contribution in [1.29, 1.82) is 0 Å². The maximum atomic E-state index is 5.45. The molecule has 2 aromatic rings. The second-order valence-corrected chi connectivity index (χ2v) is 7.32. The number of ether oxygens (including phenoxy) is 1. The number of aryl methyl sites for hydroxylation is 2. The SMILES string of the molecule is CCNC(c1cc(C)c(OC)c(C)c1)c1ccc(Br)s1. The number of hydrogen-bond acceptors (Lipinski definition) is 3. The Hall–Kier alpha value is -0.840. The molecule has 1 atom stereocenters. The van der Waals surface area contributed by atoms with Gasteiger partial charge in [-0.05, 0) is 65.1 Å². The van der Waals surface area contributed by atoms with Crippen LogP contribution in [0, 0.1) is 13.8 Å². The molecule has 1 unspecified atom stereocenters. The summed E-state index contributed by atoms with van der Waals surface area (Å²) in [4.78, 5) is 1.32. The molecule has 108 valence electrons. The standard InChI is InChI=1S/C16H20BrNOS/c1-5-18-15(13-6-7-14(17)20-13)12-8-10(2)16(19-4)11(3)9-12/h6-9,15,18H,5H2,1-4H3. The van der Waals surface area contributed by atoms with Crippen LogP contribution in [-0.4, -0.2) is 13.7 Å². The number of thiophene rings is 1. The van der Waals surface area contributed by atoms with Crippen LogP contribution in [0.5, 0.6) is 5.75 Å². The molecule has 0 fully saturated rings. The lowest BCUT2D eigenvalue weighted by atomic mass is 9.99. The molecule has 1 aromatic carbocycles. The van der Waals surface area contributed by atoms with Gasteiger partial charge in [0.25, 0.3) is 0 Å². The first-order valence-electron chi connectivity index (χ1n) is 6.70. The Bertz CT molecular complexity index is 571. The van der Waals surface area contributed by atoms with E-state index in [-0.39, 0.29) is 6.04 Å². The predicted molar refractivity (Wildman–Crippen MR) is 90.0 cm³/mol. The van der Waals surface area contributed by atoms with Gasteiger partial charge in [0.2, 0.25) is 0 Å². The number of benzene rings is 1. The van der Waals surface area contributed by atoms with E-state index >= 15 is 0 Å². The largest absolute Gasteiger partial charge is 0.496 e. The topological polar surface area (TPSA) is 21.3 Å². The summed E-state index contributed by atoms with van der Waals surface area (Å²) in [6, 6.07) is 8.95. The van der Waals surface area contributed by atoms with Gasteiger partial charge in [-0.25, -0.2) is 0 Å². The summed E-state index contributed by atoms with van der Waals surface area (Å²) in [6.45, 7) is 7.27. The van der Waals surface area contributed by atoms with Gasteiger partial charge in [0.1, 0.15) is 5.75 Å². The van der Waals surface area contributed by atoms with Crippen molar-refractivity contribution >= 4 is 27.3 Å². The summed E-state index contributed by atoms with van der Waals surface area (Å²) in [7, 11) is 1.73.